The molecule has 1 aromatic carbocycles. The molecule has 1 heterocycles. The molecule has 0 amide bonds. The highest BCUT2D eigenvalue weighted by atomic mass is 79.9. The number of benzene rings is 1. The fourth-order valence-electron chi connectivity index (χ4n) is 2.61. The van der Waals surface area contributed by atoms with Crippen LogP contribution in [0.5, 0.6) is 0 Å². The van der Waals surface area contributed by atoms with Gasteiger partial charge in [0.25, 0.3) is 0 Å². The van der Waals surface area contributed by atoms with E-state index in [0.717, 1.165) is 15.7 Å². The average molecular weight is 348 g/mol. The second-order valence-corrected chi connectivity index (χ2v) is 7.41. The Balaban J connectivity index is 2.75. The molecule has 0 aliphatic carbocycles. The largest absolute Gasteiger partial charge is 0.383 e. The van der Waals surface area contributed by atoms with Crippen LogP contribution in [-0.2, 0) is 5.41 Å². The molecule has 21 heavy (non-hydrogen) atoms. The molecule has 0 fully saturated rings. The molecule has 0 saturated heterocycles. The van der Waals surface area contributed by atoms with Gasteiger partial charge in [-0.05, 0) is 47.8 Å². The van der Waals surface area contributed by atoms with Gasteiger partial charge in [0.1, 0.15) is 5.82 Å². The van der Waals surface area contributed by atoms with E-state index in [1.54, 1.807) is 0 Å². The smallest absolute Gasteiger partial charge is 0.162 e. The van der Waals surface area contributed by atoms with Gasteiger partial charge in [-0.3, -0.25) is 0 Å². The minimum Gasteiger partial charge on any atom is -0.383 e. The van der Waals surface area contributed by atoms with Crippen molar-refractivity contribution in [3.63, 3.8) is 0 Å². The molecule has 3 nitrogen and oxygen atoms in total. The summed E-state index contributed by atoms with van der Waals surface area (Å²) in [7, 11) is 0. The van der Waals surface area contributed by atoms with Gasteiger partial charge in [0.15, 0.2) is 5.82 Å². The first-order valence-electron chi connectivity index (χ1n) is 7.03. The lowest BCUT2D eigenvalue weighted by molar-refractivity contribution is 0.564. The third-order valence-electron chi connectivity index (χ3n) is 3.49. The standard InChI is InChI=1S/C17H22BrN3/c1-9-7-10(2)12(11(3)8-9)16-20-14(17(4,5)6)13(18)15(19)21-16/h7-8H,1-6H3,(H2,19,20,21). The molecule has 112 valence electrons. The molecule has 0 bridgehead atoms. The van der Waals surface area contributed by atoms with Gasteiger partial charge in [0, 0.05) is 11.0 Å². The summed E-state index contributed by atoms with van der Waals surface area (Å²) in [6, 6.07) is 4.31. The maximum atomic E-state index is 6.09. The summed E-state index contributed by atoms with van der Waals surface area (Å²) in [5.74, 6) is 1.19. The minimum absolute atomic E-state index is 0.100. The molecule has 0 saturated carbocycles. The molecule has 4 heteroatoms. The fourth-order valence-corrected chi connectivity index (χ4v) is 3.38. The predicted molar refractivity (Wildman–Crippen MR) is 92.5 cm³/mol. The van der Waals surface area contributed by atoms with Gasteiger partial charge in [-0.25, -0.2) is 9.97 Å². The lowest BCUT2D eigenvalue weighted by Gasteiger charge is -2.21. The van der Waals surface area contributed by atoms with Crippen LogP contribution in [0.1, 0.15) is 43.2 Å². The van der Waals surface area contributed by atoms with E-state index in [4.69, 9.17) is 10.7 Å². The van der Waals surface area contributed by atoms with Crippen molar-refractivity contribution in [2.24, 2.45) is 0 Å². The molecule has 0 atom stereocenters. The summed E-state index contributed by atoms with van der Waals surface area (Å²) in [6.07, 6.45) is 0. The quantitative estimate of drug-likeness (QED) is 0.812. The van der Waals surface area contributed by atoms with E-state index in [1.165, 1.54) is 16.7 Å². The number of nitrogen functional groups attached to an aromatic ring is 1. The second-order valence-electron chi connectivity index (χ2n) is 6.62. The van der Waals surface area contributed by atoms with E-state index in [1.807, 2.05) is 0 Å². The van der Waals surface area contributed by atoms with Crippen molar-refractivity contribution in [1.29, 1.82) is 0 Å². The van der Waals surface area contributed by atoms with E-state index in [9.17, 15) is 0 Å². The van der Waals surface area contributed by atoms with Gasteiger partial charge < -0.3 is 5.73 Å². The van der Waals surface area contributed by atoms with Crippen molar-refractivity contribution in [3.8, 4) is 11.4 Å². The third-order valence-corrected chi connectivity index (χ3v) is 4.27. The summed E-state index contributed by atoms with van der Waals surface area (Å²) < 4.78 is 0.793. The second kappa shape index (κ2) is 5.41. The van der Waals surface area contributed by atoms with Crippen LogP contribution in [0.3, 0.4) is 0 Å². The first-order valence-corrected chi connectivity index (χ1v) is 7.82. The highest BCUT2D eigenvalue weighted by Crippen LogP contribution is 2.34. The van der Waals surface area contributed by atoms with E-state index in [-0.39, 0.29) is 5.41 Å². The highest BCUT2D eigenvalue weighted by molar-refractivity contribution is 9.10. The number of anilines is 1. The van der Waals surface area contributed by atoms with Gasteiger partial charge in [-0.2, -0.15) is 0 Å². The molecule has 2 rings (SSSR count). The zero-order chi connectivity index (χ0) is 15.9. The topological polar surface area (TPSA) is 51.8 Å². The van der Waals surface area contributed by atoms with Crippen LogP contribution in [-0.4, -0.2) is 9.97 Å². The van der Waals surface area contributed by atoms with Gasteiger partial charge in [0.05, 0.1) is 10.2 Å². The van der Waals surface area contributed by atoms with Crippen molar-refractivity contribution in [1.82, 2.24) is 9.97 Å². The Morgan fingerprint density at radius 3 is 2.00 bits per heavy atom. The molecule has 0 aliphatic rings. The Kier molecular flexibility index (Phi) is 4.11. The summed E-state index contributed by atoms with van der Waals surface area (Å²) in [6.45, 7) is 12.6. The SMILES string of the molecule is Cc1cc(C)c(-c2nc(N)c(Br)c(C(C)(C)C)n2)c(C)c1. The first kappa shape index (κ1) is 16.0. The maximum absolute atomic E-state index is 6.09. The summed E-state index contributed by atoms with van der Waals surface area (Å²) in [5.41, 5.74) is 11.6. The Bertz CT molecular complexity index is 677. The Morgan fingerprint density at radius 1 is 1.00 bits per heavy atom. The summed E-state index contributed by atoms with van der Waals surface area (Å²) >= 11 is 3.52. The molecule has 0 spiro atoms. The Labute approximate surface area is 135 Å². The highest BCUT2D eigenvalue weighted by Gasteiger charge is 2.23. The molecular weight excluding hydrogens is 326 g/mol. The van der Waals surface area contributed by atoms with Crippen LogP contribution in [0.25, 0.3) is 11.4 Å². The number of hydrogen-bond donors (Lipinski definition) is 1. The molecule has 2 N–H and O–H groups in total. The third kappa shape index (κ3) is 3.10. The van der Waals surface area contributed by atoms with Crippen molar-refractivity contribution in [3.05, 3.63) is 39.0 Å². The average Bonchev–Trinajstić information content (AvgIpc) is 2.30. The Morgan fingerprint density at radius 2 is 1.52 bits per heavy atom. The monoisotopic (exact) mass is 347 g/mol. The lowest BCUT2D eigenvalue weighted by Crippen LogP contribution is -2.17. The molecular formula is C17H22BrN3. The van der Waals surface area contributed by atoms with Crippen LogP contribution in [0.2, 0.25) is 0 Å². The van der Waals surface area contributed by atoms with E-state index >= 15 is 0 Å². The van der Waals surface area contributed by atoms with Crippen LogP contribution in [0, 0.1) is 20.8 Å². The van der Waals surface area contributed by atoms with E-state index in [0.29, 0.717) is 11.6 Å². The summed E-state index contributed by atoms with van der Waals surface area (Å²) in [4.78, 5) is 9.28. The molecule has 2 aromatic rings. The van der Waals surface area contributed by atoms with E-state index < -0.39 is 0 Å². The van der Waals surface area contributed by atoms with Crippen molar-refractivity contribution in [2.75, 3.05) is 5.73 Å². The van der Waals surface area contributed by atoms with Crippen molar-refractivity contribution < 1.29 is 0 Å². The van der Waals surface area contributed by atoms with E-state index in [2.05, 4.69) is 74.6 Å². The number of aryl methyl sites for hydroxylation is 3. The number of halogens is 1. The molecule has 0 radical (unpaired) electrons. The number of hydrogen-bond acceptors (Lipinski definition) is 3. The molecule has 0 unspecified atom stereocenters. The van der Waals surface area contributed by atoms with Crippen LogP contribution < -0.4 is 5.73 Å². The Hall–Kier alpha value is -1.42. The van der Waals surface area contributed by atoms with Gasteiger partial charge in [-0.15, -0.1) is 0 Å². The lowest BCUT2D eigenvalue weighted by atomic mass is 9.91. The van der Waals surface area contributed by atoms with Crippen molar-refractivity contribution >= 4 is 21.7 Å². The minimum atomic E-state index is -0.100. The molecule has 1 aromatic heterocycles. The number of rotatable bonds is 1. The van der Waals surface area contributed by atoms with Gasteiger partial charge in [-0.1, -0.05) is 38.5 Å². The van der Waals surface area contributed by atoms with Crippen LogP contribution in [0.15, 0.2) is 16.6 Å². The van der Waals surface area contributed by atoms with Gasteiger partial charge in [0.2, 0.25) is 0 Å². The maximum Gasteiger partial charge on any atom is 0.162 e. The summed E-state index contributed by atoms with van der Waals surface area (Å²) in [5, 5.41) is 0. The molecule has 0 aliphatic heterocycles. The van der Waals surface area contributed by atoms with Gasteiger partial charge >= 0.3 is 0 Å². The van der Waals surface area contributed by atoms with Crippen LogP contribution in [0.4, 0.5) is 5.82 Å². The zero-order valence-corrected chi connectivity index (χ0v) is 15.1. The first-order chi connectivity index (χ1) is 9.61. The van der Waals surface area contributed by atoms with Crippen molar-refractivity contribution in [2.45, 2.75) is 47.0 Å². The fraction of sp³-hybridized carbons (Fsp3) is 0.412. The number of nitrogens with zero attached hydrogens (tertiary/aromatic N) is 2. The van der Waals surface area contributed by atoms with Crippen LogP contribution >= 0.6 is 15.9 Å². The number of aromatic nitrogens is 2. The normalized spacial score (nSPS) is 11.8. The zero-order valence-electron chi connectivity index (χ0n) is 13.5. The number of nitrogens with two attached hydrogens (primary N) is 1. The predicted octanol–water partition coefficient (Wildman–Crippen LogP) is 4.71.